The summed E-state index contributed by atoms with van der Waals surface area (Å²) in [5.41, 5.74) is 7.61. The van der Waals surface area contributed by atoms with Gasteiger partial charge in [0, 0.05) is 11.4 Å². The van der Waals surface area contributed by atoms with E-state index in [0.717, 1.165) is 11.1 Å². The molecule has 0 fully saturated rings. The van der Waals surface area contributed by atoms with Crippen molar-refractivity contribution in [3.63, 3.8) is 0 Å². The van der Waals surface area contributed by atoms with E-state index in [9.17, 15) is 4.21 Å². The van der Waals surface area contributed by atoms with Gasteiger partial charge in [-0.3, -0.25) is 4.21 Å². The fourth-order valence-electron chi connectivity index (χ4n) is 1.70. The molecule has 100 valence electrons. The van der Waals surface area contributed by atoms with Gasteiger partial charge < -0.3 is 5.73 Å². The van der Waals surface area contributed by atoms with Crippen molar-refractivity contribution in [1.82, 2.24) is 0 Å². The third kappa shape index (κ3) is 3.80. The SMILES string of the molecule is NCc1cccc(CS(=O)c2ccc(Cl)c(Cl)c2)c1. The van der Waals surface area contributed by atoms with Gasteiger partial charge in [-0.1, -0.05) is 47.5 Å². The molecule has 2 nitrogen and oxygen atoms in total. The van der Waals surface area contributed by atoms with Crippen molar-refractivity contribution in [2.75, 3.05) is 0 Å². The van der Waals surface area contributed by atoms with E-state index < -0.39 is 10.8 Å². The van der Waals surface area contributed by atoms with Crippen LogP contribution in [-0.2, 0) is 23.1 Å². The molecule has 2 rings (SSSR count). The Bertz CT molecular complexity index is 616. The number of hydrogen-bond donors (Lipinski definition) is 1. The molecule has 5 heteroatoms. The number of nitrogens with two attached hydrogens (primary N) is 1. The maximum atomic E-state index is 12.3. The van der Waals surface area contributed by atoms with Crippen LogP contribution in [0.3, 0.4) is 0 Å². The lowest BCUT2D eigenvalue weighted by Gasteiger charge is -2.05. The lowest BCUT2D eigenvalue weighted by atomic mass is 10.1. The van der Waals surface area contributed by atoms with Gasteiger partial charge in [-0.15, -0.1) is 0 Å². The minimum absolute atomic E-state index is 0.420. The molecule has 1 atom stereocenters. The topological polar surface area (TPSA) is 43.1 Å². The Labute approximate surface area is 125 Å². The number of hydrogen-bond acceptors (Lipinski definition) is 2. The highest BCUT2D eigenvalue weighted by Crippen LogP contribution is 2.25. The summed E-state index contributed by atoms with van der Waals surface area (Å²) in [5.74, 6) is 0.436. The third-order valence-corrected chi connectivity index (χ3v) is 4.79. The Balaban J connectivity index is 2.18. The minimum atomic E-state index is -1.15. The summed E-state index contributed by atoms with van der Waals surface area (Å²) in [4.78, 5) is 0.674. The fraction of sp³-hybridized carbons (Fsp3) is 0.143. The van der Waals surface area contributed by atoms with E-state index in [0.29, 0.717) is 27.2 Å². The molecule has 0 spiro atoms. The van der Waals surface area contributed by atoms with Crippen LogP contribution >= 0.6 is 23.2 Å². The zero-order valence-electron chi connectivity index (χ0n) is 10.1. The van der Waals surface area contributed by atoms with Crippen LogP contribution in [0, 0.1) is 0 Å². The molecule has 1 unspecified atom stereocenters. The summed E-state index contributed by atoms with van der Waals surface area (Å²) in [6.07, 6.45) is 0. The second-order valence-corrected chi connectivity index (χ2v) is 6.36. The van der Waals surface area contributed by atoms with Gasteiger partial charge >= 0.3 is 0 Å². The van der Waals surface area contributed by atoms with E-state index >= 15 is 0 Å². The maximum absolute atomic E-state index is 12.3. The van der Waals surface area contributed by atoms with Gasteiger partial charge in [0.15, 0.2) is 0 Å². The van der Waals surface area contributed by atoms with E-state index in [4.69, 9.17) is 28.9 Å². The molecular weight excluding hydrogens is 301 g/mol. The summed E-state index contributed by atoms with van der Waals surface area (Å²) < 4.78 is 12.3. The van der Waals surface area contributed by atoms with E-state index in [1.165, 1.54) is 0 Å². The Kier molecular flexibility index (Phi) is 4.99. The van der Waals surface area contributed by atoms with Gasteiger partial charge in [-0.2, -0.15) is 0 Å². The zero-order valence-corrected chi connectivity index (χ0v) is 12.4. The van der Waals surface area contributed by atoms with Crippen LogP contribution < -0.4 is 5.73 Å². The molecule has 0 heterocycles. The molecule has 19 heavy (non-hydrogen) atoms. The number of halogens is 2. The fourth-order valence-corrected chi connectivity index (χ4v) is 3.18. The van der Waals surface area contributed by atoms with Crippen LogP contribution in [-0.4, -0.2) is 4.21 Å². The standard InChI is InChI=1S/C14H13Cl2NOS/c15-13-5-4-12(7-14(13)16)19(18)9-11-3-1-2-10(6-11)8-17/h1-7H,8-9,17H2. The van der Waals surface area contributed by atoms with Crippen LogP contribution in [0.1, 0.15) is 11.1 Å². The largest absolute Gasteiger partial charge is 0.326 e. The van der Waals surface area contributed by atoms with E-state index in [1.54, 1.807) is 18.2 Å². The first-order chi connectivity index (χ1) is 9.10. The van der Waals surface area contributed by atoms with E-state index in [2.05, 4.69) is 0 Å². The molecule has 0 radical (unpaired) electrons. The predicted octanol–water partition coefficient (Wildman–Crippen LogP) is 3.76. The van der Waals surface area contributed by atoms with Gasteiger partial charge in [-0.05, 0) is 29.3 Å². The van der Waals surface area contributed by atoms with Crippen LogP contribution in [0.5, 0.6) is 0 Å². The van der Waals surface area contributed by atoms with E-state index in [1.807, 2.05) is 24.3 Å². The van der Waals surface area contributed by atoms with Gasteiger partial charge in [-0.25, -0.2) is 0 Å². The van der Waals surface area contributed by atoms with Gasteiger partial charge in [0.05, 0.1) is 26.6 Å². The number of benzene rings is 2. The minimum Gasteiger partial charge on any atom is -0.326 e. The first-order valence-corrected chi connectivity index (χ1v) is 7.79. The van der Waals surface area contributed by atoms with Crippen molar-refractivity contribution in [2.45, 2.75) is 17.2 Å². The van der Waals surface area contributed by atoms with Crippen molar-refractivity contribution < 1.29 is 4.21 Å². The molecule has 2 aromatic rings. The van der Waals surface area contributed by atoms with Gasteiger partial charge in [0.25, 0.3) is 0 Å². The van der Waals surface area contributed by atoms with Gasteiger partial charge in [0.1, 0.15) is 0 Å². The molecule has 2 aromatic carbocycles. The number of rotatable bonds is 4. The molecule has 0 saturated heterocycles. The highest BCUT2D eigenvalue weighted by Gasteiger charge is 2.08. The van der Waals surface area contributed by atoms with Crippen LogP contribution in [0.25, 0.3) is 0 Å². The second-order valence-electron chi connectivity index (χ2n) is 4.09. The first kappa shape index (κ1) is 14.5. The van der Waals surface area contributed by atoms with Crippen molar-refractivity contribution in [2.24, 2.45) is 5.73 Å². The molecular formula is C14H13Cl2NOS. The Hall–Kier alpha value is -0.870. The van der Waals surface area contributed by atoms with Gasteiger partial charge in [0.2, 0.25) is 0 Å². The molecule has 0 aromatic heterocycles. The molecule has 0 saturated carbocycles. The third-order valence-electron chi connectivity index (χ3n) is 2.68. The lowest BCUT2D eigenvalue weighted by molar-refractivity contribution is 0.682. The van der Waals surface area contributed by atoms with Crippen molar-refractivity contribution in [1.29, 1.82) is 0 Å². The lowest BCUT2D eigenvalue weighted by Crippen LogP contribution is -2.00. The normalized spacial score (nSPS) is 12.4. The summed E-state index contributed by atoms with van der Waals surface area (Å²) >= 11 is 11.8. The zero-order chi connectivity index (χ0) is 13.8. The average Bonchev–Trinajstić information content (AvgIpc) is 2.42. The highest BCUT2D eigenvalue weighted by atomic mass is 35.5. The monoisotopic (exact) mass is 313 g/mol. The molecule has 0 bridgehead atoms. The van der Waals surface area contributed by atoms with Crippen molar-refractivity contribution in [3.05, 3.63) is 63.6 Å². The van der Waals surface area contributed by atoms with Crippen LogP contribution in [0.4, 0.5) is 0 Å². The summed E-state index contributed by atoms with van der Waals surface area (Å²) in [6.45, 7) is 0.479. The average molecular weight is 314 g/mol. The van der Waals surface area contributed by atoms with Crippen molar-refractivity contribution in [3.8, 4) is 0 Å². The van der Waals surface area contributed by atoms with Crippen molar-refractivity contribution >= 4 is 34.0 Å². The highest BCUT2D eigenvalue weighted by molar-refractivity contribution is 7.84. The molecule has 0 aliphatic heterocycles. The molecule has 2 N–H and O–H groups in total. The quantitative estimate of drug-likeness (QED) is 0.934. The Morgan fingerprint density at radius 3 is 2.42 bits per heavy atom. The van der Waals surface area contributed by atoms with Crippen LogP contribution in [0.2, 0.25) is 10.0 Å². The molecule has 0 aliphatic rings. The van der Waals surface area contributed by atoms with E-state index in [-0.39, 0.29) is 0 Å². The summed E-state index contributed by atoms with van der Waals surface area (Å²) in [7, 11) is -1.15. The summed E-state index contributed by atoms with van der Waals surface area (Å²) in [5, 5.41) is 0.885. The Morgan fingerprint density at radius 2 is 1.74 bits per heavy atom. The molecule has 0 aliphatic carbocycles. The van der Waals surface area contributed by atoms with Crippen LogP contribution in [0.15, 0.2) is 47.4 Å². The predicted molar refractivity (Wildman–Crippen MR) is 80.9 cm³/mol. The second kappa shape index (κ2) is 6.53. The smallest absolute Gasteiger partial charge is 0.0604 e. The maximum Gasteiger partial charge on any atom is 0.0604 e. The molecule has 0 amide bonds. The first-order valence-electron chi connectivity index (χ1n) is 5.71. The summed E-state index contributed by atoms with van der Waals surface area (Å²) in [6, 6.07) is 12.8. The Morgan fingerprint density at radius 1 is 1.00 bits per heavy atom.